The van der Waals surface area contributed by atoms with E-state index in [1.165, 1.54) is 0 Å². The van der Waals surface area contributed by atoms with Crippen LogP contribution in [-0.2, 0) is 20.8 Å². The summed E-state index contributed by atoms with van der Waals surface area (Å²) >= 11 is 0. The van der Waals surface area contributed by atoms with E-state index in [2.05, 4.69) is 5.16 Å². The first-order valence-corrected chi connectivity index (χ1v) is 6.54. The molecule has 1 aromatic carbocycles. The number of hydrogen-bond acceptors (Lipinski definition) is 6. The topological polar surface area (TPSA) is 66.4 Å². The Hall–Kier alpha value is -2.24. The van der Waals surface area contributed by atoms with Crippen molar-refractivity contribution in [2.45, 2.75) is 25.9 Å². The maximum atomic E-state index is 11.5. The number of nitrogens with zero attached hydrogens (tertiary/aromatic N) is 1. The molecular formula is C14H15NO5. The van der Waals surface area contributed by atoms with Gasteiger partial charge in [0, 0.05) is 12.8 Å². The van der Waals surface area contributed by atoms with Gasteiger partial charge in [-0.2, -0.15) is 0 Å². The normalized spacial score (nSPS) is 19.4. The number of oxime groups is 1. The molecule has 1 aromatic rings. The Balaban J connectivity index is 1.59. The van der Waals surface area contributed by atoms with Crippen molar-refractivity contribution in [3.05, 3.63) is 23.8 Å². The summed E-state index contributed by atoms with van der Waals surface area (Å²) < 4.78 is 15.5. The molecule has 0 saturated carbocycles. The van der Waals surface area contributed by atoms with Crippen LogP contribution in [0.15, 0.2) is 23.4 Å². The Labute approximate surface area is 116 Å². The van der Waals surface area contributed by atoms with E-state index < -0.39 is 5.97 Å². The van der Waals surface area contributed by atoms with E-state index in [4.69, 9.17) is 19.0 Å². The van der Waals surface area contributed by atoms with Crippen molar-refractivity contribution < 1.29 is 23.8 Å². The molecule has 20 heavy (non-hydrogen) atoms. The number of benzene rings is 1. The van der Waals surface area contributed by atoms with Gasteiger partial charge >= 0.3 is 5.97 Å². The highest BCUT2D eigenvalue weighted by atomic mass is 16.7. The first kappa shape index (κ1) is 12.8. The summed E-state index contributed by atoms with van der Waals surface area (Å²) in [5, 5.41) is 3.79. The molecular weight excluding hydrogens is 262 g/mol. The molecule has 0 aliphatic carbocycles. The van der Waals surface area contributed by atoms with Crippen molar-refractivity contribution in [2.75, 3.05) is 13.4 Å². The minimum absolute atomic E-state index is 0.144. The molecule has 0 spiro atoms. The highest BCUT2D eigenvalue weighted by Crippen LogP contribution is 2.33. The van der Waals surface area contributed by atoms with Gasteiger partial charge in [0.1, 0.15) is 6.10 Å². The smallest absolute Gasteiger partial charge is 0.356 e. The van der Waals surface area contributed by atoms with Crippen LogP contribution in [0.2, 0.25) is 0 Å². The van der Waals surface area contributed by atoms with Crippen LogP contribution in [0.3, 0.4) is 0 Å². The van der Waals surface area contributed by atoms with E-state index in [1.807, 2.05) is 18.2 Å². The van der Waals surface area contributed by atoms with E-state index in [1.54, 1.807) is 6.92 Å². The number of carbonyl (C=O) groups is 1. The molecule has 0 radical (unpaired) electrons. The lowest BCUT2D eigenvalue weighted by Gasteiger charge is -2.08. The van der Waals surface area contributed by atoms with Crippen molar-refractivity contribution in [1.29, 1.82) is 0 Å². The summed E-state index contributed by atoms with van der Waals surface area (Å²) in [5.74, 6) is 1.09. The van der Waals surface area contributed by atoms with Crippen molar-refractivity contribution >= 4 is 11.7 Å². The van der Waals surface area contributed by atoms with Crippen molar-refractivity contribution in [1.82, 2.24) is 0 Å². The first-order valence-electron chi connectivity index (χ1n) is 6.54. The largest absolute Gasteiger partial charge is 0.461 e. The highest BCUT2D eigenvalue weighted by molar-refractivity contribution is 6.36. The number of fused-ring (bicyclic) bond motifs is 1. The maximum Gasteiger partial charge on any atom is 0.356 e. The van der Waals surface area contributed by atoms with Crippen molar-refractivity contribution in [3.8, 4) is 11.5 Å². The fraction of sp³-hybridized carbons (Fsp3) is 0.429. The predicted octanol–water partition coefficient (Wildman–Crippen LogP) is 1.67. The maximum absolute atomic E-state index is 11.5. The second kappa shape index (κ2) is 5.40. The SMILES string of the molecule is CCOC(=O)C1=NO[C@@H](Cc2ccc3c(c2)OCO3)C1. The lowest BCUT2D eigenvalue weighted by molar-refractivity contribution is -0.135. The fourth-order valence-corrected chi connectivity index (χ4v) is 2.20. The van der Waals surface area contributed by atoms with Gasteiger partial charge in [-0.1, -0.05) is 11.2 Å². The van der Waals surface area contributed by atoms with Gasteiger partial charge in [0.15, 0.2) is 17.2 Å². The zero-order valence-corrected chi connectivity index (χ0v) is 11.1. The number of esters is 1. The van der Waals surface area contributed by atoms with Gasteiger partial charge in [-0.05, 0) is 24.6 Å². The van der Waals surface area contributed by atoms with Gasteiger partial charge in [-0.3, -0.25) is 0 Å². The van der Waals surface area contributed by atoms with E-state index in [9.17, 15) is 4.79 Å². The average Bonchev–Trinajstić information content (AvgIpc) is 3.07. The lowest BCUT2D eigenvalue weighted by atomic mass is 10.0. The van der Waals surface area contributed by atoms with E-state index in [0.29, 0.717) is 25.2 Å². The van der Waals surface area contributed by atoms with Crippen molar-refractivity contribution in [3.63, 3.8) is 0 Å². The highest BCUT2D eigenvalue weighted by Gasteiger charge is 2.27. The van der Waals surface area contributed by atoms with E-state index in [0.717, 1.165) is 17.1 Å². The monoisotopic (exact) mass is 277 g/mol. The molecule has 0 bridgehead atoms. The Kier molecular flexibility index (Phi) is 3.45. The molecule has 1 atom stereocenters. The average molecular weight is 277 g/mol. The van der Waals surface area contributed by atoms with Crippen LogP contribution in [0.5, 0.6) is 11.5 Å². The minimum atomic E-state index is -0.402. The molecule has 2 aliphatic heterocycles. The Morgan fingerprint density at radius 3 is 3.10 bits per heavy atom. The summed E-state index contributed by atoms with van der Waals surface area (Å²) in [6.07, 6.45) is 0.978. The molecule has 106 valence electrons. The van der Waals surface area contributed by atoms with Gasteiger partial charge < -0.3 is 19.0 Å². The number of rotatable bonds is 4. The van der Waals surface area contributed by atoms with Crippen LogP contribution < -0.4 is 9.47 Å². The molecule has 2 heterocycles. The quantitative estimate of drug-likeness (QED) is 0.783. The van der Waals surface area contributed by atoms with Gasteiger partial charge in [0.05, 0.1) is 6.61 Å². The molecule has 0 saturated heterocycles. The van der Waals surface area contributed by atoms with Gasteiger partial charge in [0.25, 0.3) is 0 Å². The summed E-state index contributed by atoms with van der Waals surface area (Å²) in [5.41, 5.74) is 1.40. The van der Waals surface area contributed by atoms with Gasteiger partial charge in [0.2, 0.25) is 6.79 Å². The third-order valence-corrected chi connectivity index (χ3v) is 3.14. The molecule has 2 aliphatic rings. The van der Waals surface area contributed by atoms with Gasteiger partial charge in [-0.25, -0.2) is 4.79 Å². The lowest BCUT2D eigenvalue weighted by Crippen LogP contribution is -2.19. The number of ether oxygens (including phenoxy) is 3. The Morgan fingerprint density at radius 1 is 1.40 bits per heavy atom. The molecule has 0 amide bonds. The zero-order chi connectivity index (χ0) is 13.9. The van der Waals surface area contributed by atoms with Crippen LogP contribution in [0, 0.1) is 0 Å². The second-order valence-electron chi connectivity index (χ2n) is 4.58. The Bertz CT molecular complexity index is 554. The summed E-state index contributed by atoms with van der Waals surface area (Å²) in [7, 11) is 0. The summed E-state index contributed by atoms with van der Waals surface area (Å²) in [6, 6.07) is 5.76. The minimum Gasteiger partial charge on any atom is -0.461 e. The third kappa shape index (κ3) is 2.54. The van der Waals surface area contributed by atoms with Crippen LogP contribution >= 0.6 is 0 Å². The summed E-state index contributed by atoms with van der Waals surface area (Å²) in [6.45, 7) is 2.36. The Morgan fingerprint density at radius 2 is 2.25 bits per heavy atom. The molecule has 0 N–H and O–H groups in total. The zero-order valence-electron chi connectivity index (χ0n) is 11.1. The number of hydrogen-bond donors (Lipinski definition) is 0. The molecule has 3 rings (SSSR count). The molecule has 0 fully saturated rings. The standard InChI is InChI=1S/C14H15NO5/c1-2-17-14(16)11-7-10(20-15-11)5-9-3-4-12-13(6-9)19-8-18-12/h3-4,6,10H,2,5,7-8H2,1H3/t10-/m0/s1. The van der Waals surface area contributed by atoms with E-state index in [-0.39, 0.29) is 12.9 Å². The molecule has 0 aromatic heterocycles. The fourth-order valence-electron chi connectivity index (χ4n) is 2.20. The van der Waals surface area contributed by atoms with Crippen LogP contribution in [0.4, 0.5) is 0 Å². The second-order valence-corrected chi connectivity index (χ2v) is 4.58. The molecule has 6 heteroatoms. The third-order valence-electron chi connectivity index (χ3n) is 3.14. The van der Waals surface area contributed by atoms with Crippen molar-refractivity contribution in [2.24, 2.45) is 5.16 Å². The molecule has 0 unspecified atom stereocenters. The van der Waals surface area contributed by atoms with Crippen LogP contribution in [0.1, 0.15) is 18.9 Å². The van der Waals surface area contributed by atoms with E-state index >= 15 is 0 Å². The first-order chi connectivity index (χ1) is 9.76. The van der Waals surface area contributed by atoms with Gasteiger partial charge in [-0.15, -0.1) is 0 Å². The molecule has 6 nitrogen and oxygen atoms in total. The number of carbonyl (C=O) groups excluding carboxylic acids is 1. The van der Waals surface area contributed by atoms with Crippen LogP contribution in [0.25, 0.3) is 0 Å². The summed E-state index contributed by atoms with van der Waals surface area (Å²) in [4.78, 5) is 16.8. The predicted molar refractivity (Wildman–Crippen MR) is 69.8 cm³/mol. The van der Waals surface area contributed by atoms with Crippen LogP contribution in [-0.4, -0.2) is 31.2 Å².